The lowest BCUT2D eigenvalue weighted by Crippen LogP contribution is -2.45. The van der Waals surface area contributed by atoms with E-state index in [0.717, 1.165) is 13.1 Å². The van der Waals surface area contributed by atoms with Crippen molar-refractivity contribution >= 4 is 21.8 Å². The molecule has 102 valence electrons. The maximum Gasteiger partial charge on any atom is 0.255 e. The number of carbonyl (C=O) groups excluding carboxylic acids is 1. The predicted molar refractivity (Wildman–Crippen MR) is 75.5 cm³/mol. The van der Waals surface area contributed by atoms with Gasteiger partial charge in [-0.05, 0) is 65.2 Å². The number of halogens is 2. The van der Waals surface area contributed by atoms with E-state index in [9.17, 15) is 9.18 Å². The van der Waals surface area contributed by atoms with Gasteiger partial charge in [-0.15, -0.1) is 0 Å². The first-order valence-electron chi connectivity index (χ1n) is 6.88. The minimum atomic E-state index is -0.320. The number of benzene rings is 1. The summed E-state index contributed by atoms with van der Waals surface area (Å²) in [4.78, 5) is 14.5. The third kappa shape index (κ3) is 2.69. The minimum Gasteiger partial charge on any atom is -0.338 e. The summed E-state index contributed by atoms with van der Waals surface area (Å²) < 4.78 is 13.6. The average Bonchev–Trinajstić information content (AvgIpc) is 2.37. The van der Waals surface area contributed by atoms with Gasteiger partial charge >= 0.3 is 0 Å². The number of rotatable bonds is 1. The molecule has 1 heterocycles. The highest BCUT2D eigenvalue weighted by molar-refractivity contribution is 9.10. The molecule has 3 rings (SSSR count). The van der Waals surface area contributed by atoms with Crippen molar-refractivity contribution in [3.63, 3.8) is 0 Å². The summed E-state index contributed by atoms with van der Waals surface area (Å²) in [7, 11) is 0. The molecule has 2 nitrogen and oxygen atoms in total. The van der Waals surface area contributed by atoms with E-state index in [4.69, 9.17) is 0 Å². The molecule has 1 aliphatic heterocycles. The van der Waals surface area contributed by atoms with Crippen molar-refractivity contribution in [3.8, 4) is 0 Å². The predicted octanol–water partition coefficient (Wildman–Crippen LogP) is 3.85. The van der Waals surface area contributed by atoms with Crippen molar-refractivity contribution < 1.29 is 9.18 Å². The lowest BCUT2D eigenvalue weighted by molar-refractivity contribution is 0.0503. The van der Waals surface area contributed by atoms with Crippen LogP contribution in [-0.4, -0.2) is 23.9 Å². The van der Waals surface area contributed by atoms with Crippen LogP contribution in [0.25, 0.3) is 0 Å². The van der Waals surface area contributed by atoms with Gasteiger partial charge in [-0.1, -0.05) is 6.42 Å². The molecule has 2 aliphatic rings. The maximum absolute atomic E-state index is 13.1. The van der Waals surface area contributed by atoms with E-state index in [2.05, 4.69) is 15.9 Å². The fourth-order valence-electron chi connectivity index (χ4n) is 3.43. The van der Waals surface area contributed by atoms with Crippen molar-refractivity contribution in [1.29, 1.82) is 0 Å². The molecule has 4 heteroatoms. The summed E-state index contributed by atoms with van der Waals surface area (Å²) in [6.07, 6.45) is 5.06. The molecule has 0 radical (unpaired) electrons. The van der Waals surface area contributed by atoms with Crippen LogP contribution in [0.1, 0.15) is 36.0 Å². The molecular formula is C15H17BrFNO. The second-order valence-electron chi connectivity index (χ2n) is 5.73. The van der Waals surface area contributed by atoms with E-state index in [1.54, 1.807) is 6.07 Å². The zero-order chi connectivity index (χ0) is 13.4. The van der Waals surface area contributed by atoms with Gasteiger partial charge in [0.25, 0.3) is 5.91 Å². The molecular weight excluding hydrogens is 309 g/mol. The number of nitrogens with zero attached hydrogens (tertiary/aromatic N) is 1. The number of hydrogen-bond acceptors (Lipinski definition) is 1. The Bertz CT molecular complexity index is 493. The number of piperidine rings is 1. The third-order valence-corrected chi connectivity index (χ3v) is 4.95. The Morgan fingerprint density at radius 1 is 1.26 bits per heavy atom. The summed E-state index contributed by atoms with van der Waals surface area (Å²) in [5, 5.41) is 0. The van der Waals surface area contributed by atoms with Crippen molar-refractivity contribution in [3.05, 3.63) is 34.1 Å². The summed E-state index contributed by atoms with van der Waals surface area (Å²) >= 11 is 3.29. The van der Waals surface area contributed by atoms with Crippen molar-refractivity contribution in [2.24, 2.45) is 11.8 Å². The number of carbonyl (C=O) groups is 1. The third-order valence-electron chi connectivity index (χ3n) is 4.30. The molecule has 1 saturated heterocycles. The second kappa shape index (κ2) is 5.23. The molecule has 19 heavy (non-hydrogen) atoms. The lowest BCUT2D eigenvalue weighted by atomic mass is 9.78. The Hall–Kier alpha value is -0.900. The van der Waals surface area contributed by atoms with Gasteiger partial charge in [0.15, 0.2) is 0 Å². The summed E-state index contributed by atoms with van der Waals surface area (Å²) in [5.41, 5.74) is 0.571. The average molecular weight is 326 g/mol. The van der Waals surface area contributed by atoms with Crippen LogP contribution in [0.3, 0.4) is 0 Å². The fraction of sp³-hybridized carbons (Fsp3) is 0.533. The molecule has 0 aromatic heterocycles. The SMILES string of the molecule is O=C(c1ccc(F)cc1Br)N1CC2CCCC(C2)C1. The molecule has 2 unspecified atom stereocenters. The van der Waals surface area contributed by atoms with Crippen LogP contribution in [0, 0.1) is 17.7 Å². The van der Waals surface area contributed by atoms with E-state index in [1.165, 1.54) is 37.8 Å². The van der Waals surface area contributed by atoms with E-state index < -0.39 is 0 Å². The van der Waals surface area contributed by atoms with Gasteiger partial charge in [-0.3, -0.25) is 4.79 Å². The Morgan fingerprint density at radius 3 is 2.58 bits per heavy atom. The van der Waals surface area contributed by atoms with Crippen LogP contribution in [0.5, 0.6) is 0 Å². The summed E-state index contributed by atoms with van der Waals surface area (Å²) in [6, 6.07) is 4.28. The van der Waals surface area contributed by atoms with Crippen LogP contribution >= 0.6 is 15.9 Å². The van der Waals surface area contributed by atoms with Gasteiger partial charge < -0.3 is 4.90 Å². The van der Waals surface area contributed by atoms with Crippen molar-refractivity contribution in [2.45, 2.75) is 25.7 Å². The van der Waals surface area contributed by atoms with Crippen LogP contribution in [0.2, 0.25) is 0 Å². The highest BCUT2D eigenvalue weighted by atomic mass is 79.9. The van der Waals surface area contributed by atoms with Crippen LogP contribution in [0.15, 0.2) is 22.7 Å². The summed E-state index contributed by atoms with van der Waals surface area (Å²) in [5.74, 6) is 1.04. The van der Waals surface area contributed by atoms with E-state index in [0.29, 0.717) is 21.9 Å². The van der Waals surface area contributed by atoms with Crippen LogP contribution in [0.4, 0.5) is 4.39 Å². The Morgan fingerprint density at radius 2 is 1.95 bits per heavy atom. The van der Waals surface area contributed by atoms with Crippen molar-refractivity contribution in [1.82, 2.24) is 4.90 Å². The van der Waals surface area contributed by atoms with Crippen LogP contribution in [-0.2, 0) is 0 Å². The number of amides is 1. The quantitative estimate of drug-likeness (QED) is 0.768. The van der Waals surface area contributed by atoms with Crippen molar-refractivity contribution in [2.75, 3.05) is 13.1 Å². The molecule has 2 bridgehead atoms. The molecule has 0 N–H and O–H groups in total. The van der Waals surface area contributed by atoms with Crippen LogP contribution < -0.4 is 0 Å². The second-order valence-corrected chi connectivity index (χ2v) is 6.59. The molecule has 2 atom stereocenters. The minimum absolute atomic E-state index is 0.0310. The van der Waals surface area contributed by atoms with Gasteiger partial charge in [-0.2, -0.15) is 0 Å². The number of likely N-dealkylation sites (tertiary alicyclic amines) is 1. The van der Waals surface area contributed by atoms with Gasteiger partial charge in [0.05, 0.1) is 5.56 Å². The van der Waals surface area contributed by atoms with Gasteiger partial charge in [-0.25, -0.2) is 4.39 Å². The zero-order valence-corrected chi connectivity index (χ0v) is 12.3. The van der Waals surface area contributed by atoms with E-state index in [-0.39, 0.29) is 11.7 Å². The molecule has 1 aromatic carbocycles. The number of fused-ring (bicyclic) bond motifs is 2. The lowest BCUT2D eigenvalue weighted by Gasteiger charge is -2.41. The van der Waals surface area contributed by atoms with E-state index >= 15 is 0 Å². The molecule has 1 aliphatic carbocycles. The molecule has 1 aromatic rings. The summed E-state index contributed by atoms with van der Waals surface area (Å²) in [6.45, 7) is 1.72. The highest BCUT2D eigenvalue weighted by Gasteiger charge is 2.33. The number of hydrogen-bond donors (Lipinski definition) is 0. The molecule has 1 amide bonds. The Labute approximate surface area is 121 Å². The molecule has 2 fully saturated rings. The largest absolute Gasteiger partial charge is 0.338 e. The standard InChI is InChI=1S/C15H17BrFNO/c16-14-7-12(17)4-5-13(14)15(19)18-8-10-2-1-3-11(6-10)9-18/h4-5,7,10-11H,1-3,6,8-9H2. The zero-order valence-electron chi connectivity index (χ0n) is 10.7. The molecule has 1 saturated carbocycles. The van der Waals surface area contributed by atoms with Gasteiger partial charge in [0, 0.05) is 17.6 Å². The Balaban J connectivity index is 1.80. The fourth-order valence-corrected chi connectivity index (χ4v) is 3.95. The maximum atomic E-state index is 13.1. The smallest absolute Gasteiger partial charge is 0.255 e. The monoisotopic (exact) mass is 325 g/mol. The molecule has 0 spiro atoms. The van der Waals surface area contributed by atoms with Gasteiger partial charge in [0.1, 0.15) is 5.82 Å². The van der Waals surface area contributed by atoms with Gasteiger partial charge in [0.2, 0.25) is 0 Å². The highest BCUT2D eigenvalue weighted by Crippen LogP contribution is 2.35. The topological polar surface area (TPSA) is 20.3 Å². The first kappa shape index (κ1) is 13.1. The normalized spacial score (nSPS) is 26.3. The first-order valence-corrected chi connectivity index (χ1v) is 7.67. The first-order chi connectivity index (χ1) is 9.13. The van der Waals surface area contributed by atoms with E-state index in [1.807, 2.05) is 4.90 Å². The Kier molecular flexibility index (Phi) is 3.61.